The molecule has 3 nitrogen and oxygen atoms in total. The Hall–Kier alpha value is -1.59. The number of rotatable bonds is 4. The highest BCUT2D eigenvalue weighted by Crippen LogP contribution is 2.37. The highest BCUT2D eigenvalue weighted by molar-refractivity contribution is 6.32. The molecule has 1 fully saturated rings. The second kappa shape index (κ2) is 6.03. The fourth-order valence-corrected chi connectivity index (χ4v) is 2.72. The lowest BCUT2D eigenvalue weighted by Crippen LogP contribution is -2.21. The van der Waals surface area contributed by atoms with Crippen LogP contribution in [0, 0.1) is 17.6 Å². The summed E-state index contributed by atoms with van der Waals surface area (Å²) in [6.07, 6.45) is 1.88. The molecule has 1 saturated heterocycles. The summed E-state index contributed by atoms with van der Waals surface area (Å²) in [5.74, 6) is -0.997. The van der Waals surface area contributed by atoms with Crippen molar-refractivity contribution in [1.29, 1.82) is 0 Å². The van der Waals surface area contributed by atoms with Gasteiger partial charge in [0.1, 0.15) is 16.6 Å². The van der Waals surface area contributed by atoms with E-state index < -0.39 is 17.7 Å². The molecule has 0 saturated carbocycles. The summed E-state index contributed by atoms with van der Waals surface area (Å²) < 4.78 is 38.5. The van der Waals surface area contributed by atoms with E-state index >= 15 is 0 Å². The second-order valence-corrected chi connectivity index (χ2v) is 5.36. The summed E-state index contributed by atoms with van der Waals surface area (Å²) in [6.45, 7) is 1.57. The van der Waals surface area contributed by atoms with Crippen LogP contribution in [-0.4, -0.2) is 13.1 Å². The van der Waals surface area contributed by atoms with Crippen LogP contribution >= 0.6 is 11.6 Å². The Morgan fingerprint density at radius 3 is 2.76 bits per heavy atom. The Balaban J connectivity index is 1.93. The van der Waals surface area contributed by atoms with E-state index in [4.69, 9.17) is 20.8 Å². The van der Waals surface area contributed by atoms with Crippen LogP contribution in [0.1, 0.15) is 18.3 Å². The van der Waals surface area contributed by atoms with E-state index in [2.05, 4.69) is 5.32 Å². The highest BCUT2D eigenvalue weighted by atomic mass is 35.5. The van der Waals surface area contributed by atoms with Gasteiger partial charge in [-0.05, 0) is 37.2 Å². The van der Waals surface area contributed by atoms with Crippen LogP contribution in [0.25, 0.3) is 0 Å². The zero-order valence-electron chi connectivity index (χ0n) is 11.1. The number of nitrogens with one attached hydrogen (secondary N) is 1. The monoisotopic (exact) mass is 313 g/mol. The molecule has 0 spiro atoms. The fraction of sp³-hybridized carbons (Fsp3) is 0.333. The van der Waals surface area contributed by atoms with Crippen molar-refractivity contribution in [3.8, 4) is 5.75 Å². The van der Waals surface area contributed by atoms with Gasteiger partial charge in [0.2, 0.25) is 0 Å². The van der Waals surface area contributed by atoms with Crippen molar-refractivity contribution in [3.63, 3.8) is 0 Å². The third-order valence-corrected chi connectivity index (χ3v) is 3.95. The zero-order valence-corrected chi connectivity index (χ0v) is 11.9. The van der Waals surface area contributed by atoms with Gasteiger partial charge in [-0.1, -0.05) is 11.6 Å². The van der Waals surface area contributed by atoms with Gasteiger partial charge in [0.15, 0.2) is 17.7 Å². The van der Waals surface area contributed by atoms with Gasteiger partial charge < -0.3 is 14.5 Å². The Morgan fingerprint density at radius 2 is 2.10 bits per heavy atom. The molecule has 1 N–H and O–H groups in total. The molecule has 21 heavy (non-hydrogen) atoms. The topological polar surface area (TPSA) is 34.4 Å². The predicted molar refractivity (Wildman–Crippen MR) is 74.4 cm³/mol. The first-order valence-electron chi connectivity index (χ1n) is 6.71. The Morgan fingerprint density at radius 1 is 1.29 bits per heavy atom. The van der Waals surface area contributed by atoms with Crippen LogP contribution in [0.5, 0.6) is 5.75 Å². The van der Waals surface area contributed by atoms with Crippen LogP contribution in [0.15, 0.2) is 34.9 Å². The molecule has 0 bridgehead atoms. The lowest BCUT2D eigenvalue weighted by molar-refractivity contribution is 0.114. The van der Waals surface area contributed by atoms with Crippen molar-refractivity contribution in [1.82, 2.24) is 5.32 Å². The second-order valence-electron chi connectivity index (χ2n) is 4.98. The minimum atomic E-state index is -0.712. The normalized spacial score (nSPS) is 19.7. The molecular weight excluding hydrogens is 300 g/mol. The molecule has 112 valence electrons. The standard InChI is InChI=1S/C15H14ClF2NO2/c16-13-10(17)3-4-11(18)15(13)21-14(9-5-6-19-8-9)12-2-1-7-20-12/h1-4,7,9,14,19H,5-6,8H2/t9-,14+/m0/s1. The van der Waals surface area contributed by atoms with Gasteiger partial charge in [0.05, 0.1) is 6.26 Å². The lowest BCUT2D eigenvalue weighted by atomic mass is 9.99. The first-order valence-corrected chi connectivity index (χ1v) is 7.09. The van der Waals surface area contributed by atoms with Gasteiger partial charge in [0, 0.05) is 12.5 Å². The van der Waals surface area contributed by atoms with E-state index in [1.807, 2.05) is 0 Å². The molecule has 6 heteroatoms. The molecular formula is C15H14ClF2NO2. The maximum absolute atomic E-state index is 13.9. The first kappa shape index (κ1) is 14.4. The number of hydrogen-bond acceptors (Lipinski definition) is 3. The summed E-state index contributed by atoms with van der Waals surface area (Å²) in [6, 6.07) is 5.47. The third-order valence-electron chi connectivity index (χ3n) is 3.60. The highest BCUT2D eigenvalue weighted by Gasteiger charge is 2.31. The van der Waals surface area contributed by atoms with Crippen molar-refractivity contribution in [2.45, 2.75) is 12.5 Å². The summed E-state index contributed by atoms with van der Waals surface area (Å²) in [7, 11) is 0. The minimum Gasteiger partial charge on any atom is -0.477 e. The summed E-state index contributed by atoms with van der Waals surface area (Å²) in [4.78, 5) is 0. The molecule has 2 heterocycles. The fourth-order valence-electron chi connectivity index (χ4n) is 2.52. The summed E-state index contributed by atoms with van der Waals surface area (Å²) in [5.41, 5.74) is 0. The number of halogens is 3. The van der Waals surface area contributed by atoms with Gasteiger partial charge in [0.25, 0.3) is 0 Å². The SMILES string of the molecule is Fc1ccc(F)c(O[C@@H](c2ccco2)[C@H]2CCNC2)c1Cl. The molecule has 2 aromatic rings. The van der Waals surface area contributed by atoms with Gasteiger partial charge in [-0.2, -0.15) is 0 Å². The Kier molecular flexibility index (Phi) is 4.12. The molecule has 3 rings (SSSR count). The van der Waals surface area contributed by atoms with E-state index in [1.54, 1.807) is 12.1 Å². The largest absolute Gasteiger partial charge is 0.477 e. The van der Waals surface area contributed by atoms with Crippen molar-refractivity contribution >= 4 is 11.6 Å². The smallest absolute Gasteiger partial charge is 0.177 e. The molecule has 0 radical (unpaired) electrons. The molecule has 0 amide bonds. The molecule has 1 aliphatic rings. The Bertz CT molecular complexity index is 612. The molecule has 2 atom stereocenters. The molecule has 0 aliphatic carbocycles. The average Bonchev–Trinajstić information content (AvgIpc) is 3.16. The van der Waals surface area contributed by atoms with Crippen LogP contribution in [-0.2, 0) is 0 Å². The van der Waals surface area contributed by atoms with Crippen molar-refractivity contribution < 1.29 is 17.9 Å². The average molecular weight is 314 g/mol. The Labute approximate surface area is 125 Å². The van der Waals surface area contributed by atoms with Crippen LogP contribution in [0.2, 0.25) is 5.02 Å². The van der Waals surface area contributed by atoms with Crippen LogP contribution in [0.4, 0.5) is 8.78 Å². The molecule has 1 aromatic carbocycles. The van der Waals surface area contributed by atoms with E-state index in [0.717, 1.165) is 31.6 Å². The number of furan rings is 1. The first-order chi connectivity index (χ1) is 10.2. The van der Waals surface area contributed by atoms with Gasteiger partial charge >= 0.3 is 0 Å². The van der Waals surface area contributed by atoms with E-state index in [-0.39, 0.29) is 16.7 Å². The van der Waals surface area contributed by atoms with Crippen LogP contribution in [0.3, 0.4) is 0 Å². The van der Waals surface area contributed by atoms with Crippen LogP contribution < -0.4 is 10.1 Å². The van der Waals surface area contributed by atoms with Crippen molar-refractivity contribution in [2.24, 2.45) is 5.92 Å². The molecule has 0 unspecified atom stereocenters. The number of ether oxygens (including phenoxy) is 1. The summed E-state index contributed by atoms with van der Waals surface area (Å²) in [5, 5.41) is 2.87. The van der Waals surface area contributed by atoms with E-state index in [0.29, 0.717) is 5.76 Å². The van der Waals surface area contributed by atoms with E-state index in [1.165, 1.54) is 6.26 Å². The molecule has 1 aliphatic heterocycles. The van der Waals surface area contributed by atoms with Gasteiger partial charge in [-0.15, -0.1) is 0 Å². The molecule has 1 aromatic heterocycles. The van der Waals surface area contributed by atoms with Crippen molar-refractivity contribution in [2.75, 3.05) is 13.1 Å². The zero-order chi connectivity index (χ0) is 14.8. The maximum Gasteiger partial charge on any atom is 0.177 e. The quantitative estimate of drug-likeness (QED) is 0.868. The van der Waals surface area contributed by atoms with Crippen molar-refractivity contribution in [3.05, 3.63) is 52.9 Å². The number of benzene rings is 1. The predicted octanol–water partition coefficient (Wildman–Crippen LogP) is 3.94. The third kappa shape index (κ3) is 2.89. The number of hydrogen-bond donors (Lipinski definition) is 1. The van der Waals surface area contributed by atoms with E-state index in [9.17, 15) is 8.78 Å². The van der Waals surface area contributed by atoms with Gasteiger partial charge in [-0.3, -0.25) is 0 Å². The van der Waals surface area contributed by atoms with Gasteiger partial charge in [-0.25, -0.2) is 8.78 Å². The minimum absolute atomic E-state index is 0.106. The maximum atomic E-state index is 13.9. The lowest BCUT2D eigenvalue weighted by Gasteiger charge is -2.23. The summed E-state index contributed by atoms with van der Waals surface area (Å²) >= 11 is 5.82.